The first-order valence-electron chi connectivity index (χ1n) is 5.11. The molecule has 3 nitrogen and oxygen atoms in total. The van der Waals surface area contributed by atoms with Crippen LogP contribution in [0.25, 0.3) is 0 Å². The van der Waals surface area contributed by atoms with Crippen LogP contribution >= 0.6 is 0 Å². The number of amides is 1. The smallest absolute Gasteiger partial charge is 0.327 e. The Kier molecular flexibility index (Phi) is 2.82. The van der Waals surface area contributed by atoms with Crippen molar-refractivity contribution in [3.63, 3.8) is 0 Å². The molecule has 2 rings (SSSR count). The fraction of sp³-hybridized carbons (Fsp3) is 0.364. The van der Waals surface area contributed by atoms with E-state index in [4.69, 9.17) is 5.73 Å². The minimum Gasteiger partial charge on any atom is -0.327 e. The maximum absolute atomic E-state index is 12.3. The summed E-state index contributed by atoms with van der Waals surface area (Å²) >= 11 is 0. The van der Waals surface area contributed by atoms with Crippen LogP contribution in [-0.4, -0.2) is 11.9 Å². The molecule has 0 radical (unpaired) electrons. The highest BCUT2D eigenvalue weighted by Crippen LogP contribution is 2.31. The van der Waals surface area contributed by atoms with Crippen molar-refractivity contribution in [2.45, 2.75) is 18.6 Å². The first-order chi connectivity index (χ1) is 7.88. The quantitative estimate of drug-likeness (QED) is 0.835. The van der Waals surface area contributed by atoms with E-state index in [1.54, 1.807) is 0 Å². The van der Waals surface area contributed by atoms with Gasteiger partial charge in [-0.25, -0.2) is 0 Å². The van der Waals surface area contributed by atoms with Crippen LogP contribution in [0.15, 0.2) is 24.3 Å². The molecule has 0 bridgehead atoms. The summed E-state index contributed by atoms with van der Waals surface area (Å²) in [5.74, 6) is -0.449. The highest BCUT2D eigenvalue weighted by molar-refractivity contribution is 5.94. The summed E-state index contributed by atoms with van der Waals surface area (Å²) in [6, 6.07) is 4.21. The van der Waals surface area contributed by atoms with E-state index >= 15 is 0 Å². The van der Waals surface area contributed by atoms with Gasteiger partial charge in [-0.05, 0) is 30.7 Å². The number of rotatable bonds is 2. The number of halogens is 3. The molecule has 6 heteroatoms. The Balaban J connectivity index is 2.01. The number of nitrogens with one attached hydrogen (secondary N) is 1. The Bertz CT molecular complexity index is 427. The van der Waals surface area contributed by atoms with Gasteiger partial charge in [0.2, 0.25) is 5.91 Å². The van der Waals surface area contributed by atoms with Crippen LogP contribution < -0.4 is 11.1 Å². The second kappa shape index (κ2) is 4.03. The maximum Gasteiger partial charge on any atom is 0.416 e. The number of carbonyl (C=O) groups is 1. The largest absolute Gasteiger partial charge is 0.416 e. The van der Waals surface area contributed by atoms with Crippen LogP contribution in [0.5, 0.6) is 0 Å². The van der Waals surface area contributed by atoms with Gasteiger partial charge in [0.1, 0.15) is 0 Å². The van der Waals surface area contributed by atoms with E-state index in [2.05, 4.69) is 5.32 Å². The summed E-state index contributed by atoms with van der Waals surface area (Å²) in [5.41, 5.74) is 5.10. The van der Waals surface area contributed by atoms with Gasteiger partial charge in [-0.1, -0.05) is 0 Å². The summed E-state index contributed by atoms with van der Waals surface area (Å²) < 4.78 is 36.8. The Morgan fingerprint density at radius 2 is 1.82 bits per heavy atom. The minimum absolute atomic E-state index is 0.121. The molecule has 1 aromatic carbocycles. The molecule has 1 fully saturated rings. The topological polar surface area (TPSA) is 55.1 Å². The third-order valence-electron chi connectivity index (χ3n) is 2.66. The molecule has 3 N–H and O–H groups in total. The van der Waals surface area contributed by atoms with Gasteiger partial charge < -0.3 is 11.1 Å². The van der Waals surface area contributed by atoms with Crippen molar-refractivity contribution in [2.75, 3.05) is 5.32 Å². The molecule has 17 heavy (non-hydrogen) atoms. The van der Waals surface area contributed by atoms with Crippen LogP contribution in [0.2, 0.25) is 0 Å². The zero-order chi connectivity index (χ0) is 12.6. The van der Waals surface area contributed by atoms with Crippen LogP contribution in [0.3, 0.4) is 0 Å². The Hall–Kier alpha value is -1.56. The standard InChI is InChI=1S/C11H11F3N2O/c12-11(13,14)6-1-3-7(4-2-6)16-10(17)8-5-9(8)15/h1-4,8-9H,5,15H2,(H,16,17). The monoisotopic (exact) mass is 244 g/mol. The van der Waals surface area contributed by atoms with Crippen molar-refractivity contribution >= 4 is 11.6 Å². The van der Waals surface area contributed by atoms with E-state index in [9.17, 15) is 18.0 Å². The van der Waals surface area contributed by atoms with Crippen molar-refractivity contribution < 1.29 is 18.0 Å². The van der Waals surface area contributed by atoms with Crippen molar-refractivity contribution in [3.05, 3.63) is 29.8 Å². The van der Waals surface area contributed by atoms with E-state index < -0.39 is 11.7 Å². The first-order valence-corrected chi connectivity index (χ1v) is 5.11. The Morgan fingerprint density at radius 3 is 2.24 bits per heavy atom. The second-order valence-electron chi connectivity index (χ2n) is 4.07. The molecule has 0 heterocycles. The lowest BCUT2D eigenvalue weighted by Crippen LogP contribution is -2.18. The van der Waals surface area contributed by atoms with Crippen LogP contribution in [0.4, 0.5) is 18.9 Å². The molecular weight excluding hydrogens is 233 g/mol. The van der Waals surface area contributed by atoms with E-state index in [-0.39, 0.29) is 17.9 Å². The van der Waals surface area contributed by atoms with Gasteiger partial charge in [-0.3, -0.25) is 4.79 Å². The molecule has 0 spiro atoms. The molecule has 1 saturated carbocycles. The highest BCUT2D eigenvalue weighted by atomic mass is 19.4. The lowest BCUT2D eigenvalue weighted by Gasteiger charge is -2.08. The molecule has 0 aliphatic heterocycles. The average molecular weight is 244 g/mol. The van der Waals surface area contributed by atoms with Crippen LogP contribution in [-0.2, 0) is 11.0 Å². The average Bonchev–Trinajstić information content (AvgIpc) is 2.95. The van der Waals surface area contributed by atoms with Crippen molar-refractivity contribution in [2.24, 2.45) is 11.7 Å². The summed E-state index contributed by atoms with van der Waals surface area (Å²) in [6.45, 7) is 0. The number of anilines is 1. The highest BCUT2D eigenvalue weighted by Gasteiger charge is 2.40. The van der Waals surface area contributed by atoms with Crippen LogP contribution in [0, 0.1) is 5.92 Å². The number of nitrogens with two attached hydrogens (primary N) is 1. The van der Waals surface area contributed by atoms with Gasteiger partial charge in [0.15, 0.2) is 0 Å². The van der Waals surface area contributed by atoms with Gasteiger partial charge >= 0.3 is 6.18 Å². The van der Waals surface area contributed by atoms with Gasteiger partial charge in [0, 0.05) is 11.7 Å². The van der Waals surface area contributed by atoms with Gasteiger partial charge in [0.05, 0.1) is 11.5 Å². The molecular formula is C11H11F3N2O. The summed E-state index contributed by atoms with van der Waals surface area (Å²) in [6.07, 6.45) is -3.73. The van der Waals surface area contributed by atoms with Gasteiger partial charge in [-0.15, -0.1) is 0 Å². The minimum atomic E-state index is -4.36. The Morgan fingerprint density at radius 1 is 1.29 bits per heavy atom. The molecule has 2 unspecified atom stereocenters. The molecule has 1 aromatic rings. The zero-order valence-electron chi connectivity index (χ0n) is 8.79. The molecule has 0 aromatic heterocycles. The molecule has 1 aliphatic rings. The maximum atomic E-state index is 12.3. The van der Waals surface area contributed by atoms with Gasteiger partial charge in [0.25, 0.3) is 0 Å². The summed E-state index contributed by atoms with van der Waals surface area (Å²) in [4.78, 5) is 11.5. The lowest BCUT2D eigenvalue weighted by molar-refractivity contribution is -0.137. The fourth-order valence-corrected chi connectivity index (χ4v) is 1.49. The van der Waals surface area contributed by atoms with Gasteiger partial charge in [-0.2, -0.15) is 13.2 Å². The molecule has 1 aliphatic carbocycles. The number of hydrogen-bond acceptors (Lipinski definition) is 2. The molecule has 92 valence electrons. The van der Waals surface area contributed by atoms with E-state index in [1.807, 2.05) is 0 Å². The SMILES string of the molecule is NC1CC1C(=O)Nc1ccc(C(F)(F)F)cc1. The molecule has 1 amide bonds. The fourth-order valence-electron chi connectivity index (χ4n) is 1.49. The normalized spacial score (nSPS) is 23.3. The predicted octanol–water partition coefficient (Wildman–Crippen LogP) is 1.99. The number of hydrogen-bond donors (Lipinski definition) is 2. The zero-order valence-corrected chi connectivity index (χ0v) is 8.79. The van der Waals surface area contributed by atoms with E-state index in [0.29, 0.717) is 12.1 Å². The van der Waals surface area contributed by atoms with Crippen LogP contribution in [0.1, 0.15) is 12.0 Å². The Labute approximate surface area is 95.8 Å². The molecule has 0 saturated heterocycles. The number of alkyl halides is 3. The molecule has 2 atom stereocenters. The summed E-state index contributed by atoms with van der Waals surface area (Å²) in [5, 5.41) is 2.53. The van der Waals surface area contributed by atoms with Crippen molar-refractivity contribution in [3.8, 4) is 0 Å². The van der Waals surface area contributed by atoms with Crippen molar-refractivity contribution in [1.29, 1.82) is 0 Å². The third kappa shape index (κ3) is 2.76. The summed E-state index contributed by atoms with van der Waals surface area (Å²) in [7, 11) is 0. The predicted molar refractivity (Wildman–Crippen MR) is 56.2 cm³/mol. The van der Waals surface area contributed by atoms with Crippen molar-refractivity contribution in [1.82, 2.24) is 0 Å². The number of benzene rings is 1. The first kappa shape index (κ1) is 11.9. The third-order valence-corrected chi connectivity index (χ3v) is 2.66. The van der Waals surface area contributed by atoms with E-state index in [1.165, 1.54) is 12.1 Å². The van der Waals surface area contributed by atoms with E-state index in [0.717, 1.165) is 12.1 Å². The number of carbonyl (C=O) groups excluding carboxylic acids is 1. The second-order valence-corrected chi connectivity index (χ2v) is 4.07. The lowest BCUT2D eigenvalue weighted by atomic mass is 10.2.